The molecule has 0 radical (unpaired) electrons. The fourth-order valence-electron chi connectivity index (χ4n) is 3.83. The van der Waals surface area contributed by atoms with Crippen molar-refractivity contribution in [1.82, 2.24) is 14.5 Å². The number of amides is 1. The third-order valence-corrected chi connectivity index (χ3v) is 8.80. The Labute approximate surface area is 214 Å². The van der Waals surface area contributed by atoms with Crippen LogP contribution in [0.15, 0.2) is 62.7 Å². The molecule has 1 fully saturated rings. The number of carbonyl (C=O) groups is 1. The highest BCUT2D eigenvalue weighted by atomic mass is 35.5. The van der Waals surface area contributed by atoms with Crippen molar-refractivity contribution in [2.75, 3.05) is 18.4 Å². The molecule has 1 aromatic heterocycles. The van der Waals surface area contributed by atoms with E-state index in [1.807, 2.05) is 12.1 Å². The van der Waals surface area contributed by atoms with Crippen molar-refractivity contribution in [1.29, 1.82) is 0 Å². The average Bonchev–Trinajstić information content (AvgIpc) is 3.27. The first-order valence-corrected chi connectivity index (χ1v) is 14.0. The summed E-state index contributed by atoms with van der Waals surface area (Å²) in [7, 11) is -3.62. The molecule has 1 aliphatic rings. The number of nitrogens with zero attached hydrogens (tertiary/aromatic N) is 3. The van der Waals surface area contributed by atoms with Gasteiger partial charge in [-0.15, -0.1) is 16.9 Å². The molecule has 0 saturated carbocycles. The Hall–Kier alpha value is -2.40. The summed E-state index contributed by atoms with van der Waals surface area (Å²) in [6, 6.07) is 14.3. The van der Waals surface area contributed by atoms with Gasteiger partial charge in [-0.3, -0.25) is 10.1 Å². The van der Waals surface area contributed by atoms with Crippen LogP contribution in [0.1, 0.15) is 38.1 Å². The van der Waals surface area contributed by atoms with Crippen molar-refractivity contribution in [3.8, 4) is 0 Å². The smallest absolute Gasteiger partial charge is 0.322 e. The van der Waals surface area contributed by atoms with E-state index >= 15 is 0 Å². The zero-order valence-corrected chi connectivity index (χ0v) is 21.9. The minimum absolute atomic E-state index is 0.0493. The van der Waals surface area contributed by atoms with Gasteiger partial charge in [-0.05, 0) is 54.8 Å². The zero-order chi connectivity index (χ0) is 25.0. The van der Waals surface area contributed by atoms with Crippen LogP contribution in [-0.4, -0.2) is 47.2 Å². The standard InChI is InChI=1S/C24H27ClN4O4S2/c1-16(2)34-20-7-3-17(4-8-20)15-22-27-28-24(33-22)26-23(30)18-11-13-29(14-12-18)35(31,32)21-9-5-19(25)6-10-21/h3-10,16,18H,11-15H2,1-2H3,(H,26,28,30). The number of benzene rings is 2. The minimum Gasteiger partial charge on any atom is -0.407 e. The van der Waals surface area contributed by atoms with Crippen molar-refractivity contribution in [3.05, 3.63) is 65.0 Å². The van der Waals surface area contributed by atoms with E-state index in [1.54, 1.807) is 23.9 Å². The predicted octanol–water partition coefficient (Wildman–Crippen LogP) is 4.85. The summed E-state index contributed by atoms with van der Waals surface area (Å²) >= 11 is 7.66. The molecule has 2 heterocycles. The molecule has 186 valence electrons. The van der Waals surface area contributed by atoms with Crippen molar-refractivity contribution >= 4 is 45.3 Å². The lowest BCUT2D eigenvalue weighted by Gasteiger charge is -2.30. The van der Waals surface area contributed by atoms with Gasteiger partial charge in [-0.25, -0.2) is 8.42 Å². The Balaban J connectivity index is 1.29. The lowest BCUT2D eigenvalue weighted by atomic mass is 9.97. The number of anilines is 1. The number of hydrogen-bond donors (Lipinski definition) is 1. The molecular formula is C24H27ClN4O4S2. The molecule has 4 rings (SSSR count). The Morgan fingerprint density at radius 2 is 1.77 bits per heavy atom. The van der Waals surface area contributed by atoms with E-state index in [0.717, 1.165) is 5.56 Å². The first-order chi connectivity index (χ1) is 16.7. The molecule has 2 aromatic carbocycles. The Morgan fingerprint density at radius 3 is 2.40 bits per heavy atom. The molecule has 1 aliphatic heterocycles. The van der Waals surface area contributed by atoms with Gasteiger partial charge < -0.3 is 4.42 Å². The summed E-state index contributed by atoms with van der Waals surface area (Å²) < 4.78 is 32.7. The fraction of sp³-hybridized carbons (Fsp3) is 0.375. The second kappa shape index (κ2) is 11.1. The van der Waals surface area contributed by atoms with Crippen LogP contribution in [0, 0.1) is 5.92 Å². The third kappa shape index (κ3) is 6.63. The Kier molecular flexibility index (Phi) is 8.16. The maximum atomic E-state index is 12.8. The van der Waals surface area contributed by atoms with E-state index in [1.165, 1.54) is 21.3 Å². The maximum Gasteiger partial charge on any atom is 0.322 e. The first-order valence-electron chi connectivity index (χ1n) is 11.4. The van der Waals surface area contributed by atoms with Crippen molar-refractivity contribution in [3.63, 3.8) is 0 Å². The highest BCUT2D eigenvalue weighted by Gasteiger charge is 2.32. The van der Waals surface area contributed by atoms with E-state index in [9.17, 15) is 13.2 Å². The zero-order valence-electron chi connectivity index (χ0n) is 19.5. The van der Waals surface area contributed by atoms with Gasteiger partial charge in [0.05, 0.1) is 11.3 Å². The number of piperidine rings is 1. The number of hydrogen-bond acceptors (Lipinski definition) is 7. The number of rotatable bonds is 8. The molecule has 0 bridgehead atoms. The van der Waals surface area contributed by atoms with Crippen LogP contribution in [-0.2, 0) is 21.2 Å². The number of nitrogens with one attached hydrogen (secondary N) is 1. The largest absolute Gasteiger partial charge is 0.407 e. The fourth-order valence-corrected chi connectivity index (χ4v) is 6.26. The first kappa shape index (κ1) is 25.7. The van der Waals surface area contributed by atoms with Crippen LogP contribution in [0.2, 0.25) is 5.02 Å². The normalized spacial score (nSPS) is 15.4. The summed E-state index contributed by atoms with van der Waals surface area (Å²) in [5, 5.41) is 11.6. The van der Waals surface area contributed by atoms with E-state index < -0.39 is 10.0 Å². The van der Waals surface area contributed by atoms with Crippen molar-refractivity contribution < 1.29 is 17.6 Å². The molecule has 11 heteroatoms. The maximum absolute atomic E-state index is 12.8. The quantitative estimate of drug-likeness (QED) is 0.411. The molecule has 0 atom stereocenters. The Bertz CT molecular complexity index is 1250. The highest BCUT2D eigenvalue weighted by Crippen LogP contribution is 2.26. The second-order valence-corrected chi connectivity index (χ2v) is 12.6. The van der Waals surface area contributed by atoms with Crippen LogP contribution in [0.3, 0.4) is 0 Å². The van der Waals surface area contributed by atoms with Gasteiger partial charge in [0.1, 0.15) is 0 Å². The van der Waals surface area contributed by atoms with Crippen molar-refractivity contribution in [2.24, 2.45) is 5.92 Å². The molecule has 0 unspecified atom stereocenters. The molecule has 0 aliphatic carbocycles. The van der Waals surface area contributed by atoms with Crippen LogP contribution < -0.4 is 5.32 Å². The molecule has 0 spiro atoms. The van der Waals surface area contributed by atoms with Gasteiger partial charge in [0.2, 0.25) is 21.8 Å². The lowest BCUT2D eigenvalue weighted by Crippen LogP contribution is -2.41. The van der Waals surface area contributed by atoms with E-state index in [0.29, 0.717) is 35.4 Å². The van der Waals surface area contributed by atoms with E-state index in [4.69, 9.17) is 16.0 Å². The second-order valence-electron chi connectivity index (χ2n) is 8.61. The third-order valence-electron chi connectivity index (χ3n) is 5.62. The molecule has 1 N–H and O–H groups in total. The number of halogens is 1. The number of carbonyl (C=O) groups excluding carboxylic acids is 1. The summed E-state index contributed by atoms with van der Waals surface area (Å²) in [6.07, 6.45) is 1.28. The number of sulfonamides is 1. The number of aromatic nitrogens is 2. The van der Waals surface area contributed by atoms with Crippen LogP contribution in [0.25, 0.3) is 0 Å². The summed E-state index contributed by atoms with van der Waals surface area (Å²) in [4.78, 5) is 14.1. The molecule has 8 nitrogen and oxygen atoms in total. The van der Waals surface area contributed by atoms with Crippen LogP contribution in [0.5, 0.6) is 0 Å². The van der Waals surface area contributed by atoms with Gasteiger partial charge in [0, 0.05) is 34.2 Å². The molecule has 1 saturated heterocycles. The topological polar surface area (TPSA) is 105 Å². The highest BCUT2D eigenvalue weighted by molar-refractivity contribution is 7.99. The summed E-state index contributed by atoms with van der Waals surface area (Å²) in [5.41, 5.74) is 1.04. The van der Waals surface area contributed by atoms with Gasteiger partial charge in [0.25, 0.3) is 0 Å². The SMILES string of the molecule is CC(C)Sc1ccc(Cc2nnc(NC(=O)C3CCN(S(=O)(=O)c4ccc(Cl)cc4)CC3)o2)cc1. The molecule has 1 amide bonds. The minimum atomic E-state index is -3.62. The molecule has 35 heavy (non-hydrogen) atoms. The average molecular weight is 535 g/mol. The monoisotopic (exact) mass is 534 g/mol. The summed E-state index contributed by atoms with van der Waals surface area (Å²) in [5.74, 6) is -0.180. The van der Waals surface area contributed by atoms with Gasteiger partial charge >= 0.3 is 6.01 Å². The van der Waals surface area contributed by atoms with Crippen LogP contribution in [0.4, 0.5) is 6.01 Å². The van der Waals surface area contributed by atoms with Crippen molar-refractivity contribution in [2.45, 2.75) is 48.2 Å². The lowest BCUT2D eigenvalue weighted by molar-refractivity contribution is -0.121. The van der Waals surface area contributed by atoms with E-state index in [-0.39, 0.29) is 35.8 Å². The van der Waals surface area contributed by atoms with Crippen LogP contribution >= 0.6 is 23.4 Å². The summed E-state index contributed by atoms with van der Waals surface area (Å²) in [6.45, 7) is 4.81. The number of thioether (sulfide) groups is 1. The Morgan fingerprint density at radius 1 is 1.11 bits per heavy atom. The molecular weight excluding hydrogens is 508 g/mol. The van der Waals surface area contributed by atoms with Gasteiger partial charge in [-0.2, -0.15) is 4.31 Å². The van der Waals surface area contributed by atoms with Gasteiger partial charge in [0.15, 0.2) is 0 Å². The van der Waals surface area contributed by atoms with E-state index in [2.05, 4.69) is 41.5 Å². The predicted molar refractivity (Wildman–Crippen MR) is 136 cm³/mol. The molecule has 3 aromatic rings. The van der Waals surface area contributed by atoms with Gasteiger partial charge in [-0.1, -0.05) is 42.7 Å².